The molecule has 0 aliphatic heterocycles. The van der Waals surface area contributed by atoms with Crippen LogP contribution < -0.4 is 55.3 Å². The lowest BCUT2D eigenvalue weighted by atomic mass is 9.89. The first-order valence-corrected chi connectivity index (χ1v) is 37.3. The van der Waals surface area contributed by atoms with Gasteiger partial charge >= 0.3 is 0 Å². The van der Waals surface area contributed by atoms with E-state index in [0.29, 0.717) is 86.1 Å². The van der Waals surface area contributed by atoms with Gasteiger partial charge in [0.05, 0.1) is 70.2 Å². The summed E-state index contributed by atoms with van der Waals surface area (Å²) >= 11 is 0. The number of carbonyl (C=O) groups excluding carboxylic acids is 2. The number of nitrogens with one attached hydrogen (secondary N) is 5. The van der Waals surface area contributed by atoms with E-state index in [1.54, 1.807) is 50.8 Å². The van der Waals surface area contributed by atoms with E-state index in [0.717, 1.165) is 132 Å². The zero-order valence-corrected chi connectivity index (χ0v) is 65.2. The minimum Gasteiger partial charge on any atom is -0.394 e. The lowest BCUT2D eigenvalue weighted by Gasteiger charge is -2.31. The molecule has 10 aromatic rings. The molecule has 0 aliphatic carbocycles. The van der Waals surface area contributed by atoms with Crippen molar-refractivity contribution in [3.8, 4) is 0 Å². The van der Waals surface area contributed by atoms with Gasteiger partial charge in [-0.15, -0.1) is 0 Å². The highest BCUT2D eigenvalue weighted by atomic mass is 19.1. The fourth-order valence-electron chi connectivity index (χ4n) is 11.8. The Hall–Kier alpha value is -10.4. The molecule has 584 valence electrons. The van der Waals surface area contributed by atoms with Gasteiger partial charge in [0.25, 0.3) is 0 Å². The number of ketones is 2. The third-order valence-corrected chi connectivity index (χ3v) is 18.4. The summed E-state index contributed by atoms with van der Waals surface area (Å²) in [6.45, 7) is 26.0. The molecule has 31 heteroatoms. The molecular weight excluding hydrogens is 1370 g/mol. The molecule has 0 radical (unpaired) electrons. The number of aryl methyl sites for hydroxylation is 1. The highest BCUT2D eigenvalue weighted by molar-refractivity contribution is 5.90. The highest BCUT2D eigenvalue weighted by Crippen LogP contribution is 2.33. The van der Waals surface area contributed by atoms with Crippen molar-refractivity contribution in [1.29, 1.82) is 0 Å². The number of aromatic nitrogens is 15. The Morgan fingerprint density at radius 2 is 0.667 bits per heavy atom. The molecule has 10 aromatic heterocycles. The van der Waals surface area contributed by atoms with Gasteiger partial charge in [-0.1, -0.05) is 98.8 Å². The van der Waals surface area contributed by atoms with Crippen molar-refractivity contribution in [2.45, 2.75) is 240 Å². The second-order valence-corrected chi connectivity index (χ2v) is 28.9. The van der Waals surface area contributed by atoms with Crippen molar-refractivity contribution in [2.75, 3.05) is 75.1 Å². The number of rotatable bonds is 34. The average molecular weight is 1490 g/mol. The predicted molar refractivity (Wildman–Crippen MR) is 432 cm³/mol. The van der Waals surface area contributed by atoms with Gasteiger partial charge < -0.3 is 80.2 Å². The van der Waals surface area contributed by atoms with E-state index < -0.39 is 22.4 Å². The van der Waals surface area contributed by atoms with Crippen molar-refractivity contribution in [1.82, 2.24) is 74.8 Å². The lowest BCUT2D eigenvalue weighted by molar-refractivity contribution is -0.118. The molecule has 5 atom stereocenters. The van der Waals surface area contributed by atoms with Crippen molar-refractivity contribution in [2.24, 2.45) is 0 Å². The predicted octanol–water partition coefficient (Wildman–Crippen LogP) is 13.0. The first-order valence-electron chi connectivity index (χ1n) is 37.3. The molecule has 10 heterocycles. The Morgan fingerprint density at radius 3 is 0.991 bits per heavy atom. The summed E-state index contributed by atoms with van der Waals surface area (Å²) in [5.74, 6) is 3.61. The minimum absolute atomic E-state index is 0.0191. The monoisotopic (exact) mass is 1490 g/mol. The average Bonchev–Trinajstić information content (AvgIpc) is 0.808. The van der Waals surface area contributed by atoms with Gasteiger partial charge in [0.15, 0.2) is 29.1 Å². The van der Waals surface area contributed by atoms with E-state index in [1.165, 1.54) is 6.07 Å². The van der Waals surface area contributed by atoms with Gasteiger partial charge in [0.1, 0.15) is 45.0 Å². The number of anilines is 10. The van der Waals surface area contributed by atoms with Crippen LogP contribution in [0.4, 0.5) is 63.2 Å². The molecule has 30 nitrogen and oxygen atoms in total. The van der Waals surface area contributed by atoms with Crippen LogP contribution in [-0.2, 0) is 9.59 Å². The number of hydrogen-bond donors (Lipinski definition) is 13. The number of nitrogens with zero attached hydrogens (tertiary/aromatic N) is 15. The van der Waals surface area contributed by atoms with E-state index in [4.69, 9.17) is 28.7 Å². The fourth-order valence-corrected chi connectivity index (χ4v) is 11.8. The summed E-state index contributed by atoms with van der Waals surface area (Å²) < 4.78 is 13.2. The number of pyridine rings is 5. The van der Waals surface area contributed by atoms with Crippen LogP contribution in [0.25, 0.3) is 55.2 Å². The number of Topliss-reactive ketones (excluding diaryl/α,β-unsaturated/α-hetero) is 2. The molecule has 0 amide bonds. The molecule has 0 fully saturated rings. The Balaban J connectivity index is 0.000000211. The van der Waals surface area contributed by atoms with Crippen molar-refractivity contribution in [3.63, 3.8) is 0 Å². The number of aliphatic hydroxyl groups excluding tert-OH is 3. The van der Waals surface area contributed by atoms with Gasteiger partial charge in [-0.2, -0.15) is 24.9 Å². The first kappa shape index (κ1) is 86.5. The smallest absolute Gasteiger partial charge is 0.222 e. The molecule has 1 unspecified atom stereocenters. The molecule has 10 rings (SSSR count). The summed E-state index contributed by atoms with van der Waals surface area (Å²) in [4.78, 5) is 86.4. The maximum atomic E-state index is 13.2. The summed E-state index contributed by atoms with van der Waals surface area (Å²) in [7, 11) is 0. The topological polar surface area (TPSA) is 478 Å². The number of carbonyl (C=O) groups is 2. The number of nitrogen functional groups attached to an aromatic ring is 5. The summed E-state index contributed by atoms with van der Waals surface area (Å²) in [6.07, 6.45) is 25.4. The van der Waals surface area contributed by atoms with Gasteiger partial charge in [0.2, 0.25) is 29.7 Å². The molecule has 0 saturated carbocycles. The van der Waals surface area contributed by atoms with Crippen LogP contribution in [-0.4, -0.2) is 149 Å². The summed E-state index contributed by atoms with van der Waals surface area (Å²) in [6, 6.07) is 14.1. The van der Waals surface area contributed by atoms with E-state index >= 15 is 0 Å². The number of nitrogens with two attached hydrogens (primary N) is 5. The zero-order valence-electron chi connectivity index (χ0n) is 65.2. The highest BCUT2D eigenvalue weighted by Gasteiger charge is 2.30. The SMILES string of the molecule is CCCCC(C)(CO)Nc1nc(N)nc2cc(F)cnc12.CCCC[C@@](C)(CO)Nc1nc(N)nc2cccnc12.CCCC[C@](C)(CCC(C)=O)Nc1nc(N)nc2c(C)ccnc12.CCCC[C@](C)(CCC(C)=O)Nc1nc(N)nc2cccnc12.CCCC[C@](C)(CO)Nc1nc(N)nc2cccnc12. The van der Waals surface area contributed by atoms with E-state index in [-0.39, 0.29) is 72.2 Å². The second-order valence-electron chi connectivity index (χ2n) is 28.9. The standard InChI is InChI=1S/C18H27N5O.C17H25N5O.C14H20FN5O.2C14H21N5O/c1-5-6-9-18(4,10-7-13(3)24)23-16-15-14(21-17(19)22-16)12(2)8-11-20-15;1-4-5-9-17(3,10-8-12(2)23)22-15-14-13(7-6-11-19-14)20-16(18)21-15;1-3-4-5-14(2,8-21)20-12-11-10(18-13(16)19-12)6-9(15)7-17-11;2*1-3-4-7-14(2,9-20)19-12-11-10(6-5-8-16-11)17-13(15)18-12/h8,11H,5-7,9-10H2,1-4H3,(H3,19,21,22,23);6-7,11H,4-5,8-10H2,1-3H3,(H3,18,20,21,22);6-7,21H,3-5,8H2,1-2H3,(H3,16,18,19,20);2*5-6,8,20H,3-4,7,9H2,1-2H3,(H3,15,17,18,19)/t18-;17-;;2*14-/m11.10/s1. The molecule has 0 saturated heterocycles. The first-order chi connectivity index (χ1) is 51.4. The molecule has 0 aliphatic rings. The molecular formula is C77H114FN25O5. The quantitative estimate of drug-likeness (QED) is 0.0178. The normalized spacial score (nSPS) is 13.9. The van der Waals surface area contributed by atoms with Gasteiger partial charge in [-0.05, 0) is 148 Å². The number of aliphatic hydroxyl groups is 3. The van der Waals surface area contributed by atoms with Crippen LogP contribution in [0.15, 0.2) is 79.5 Å². The van der Waals surface area contributed by atoms with Gasteiger partial charge in [-0.3, -0.25) is 19.9 Å². The Labute approximate surface area is 632 Å². The number of unbranched alkanes of at least 4 members (excludes halogenated alkanes) is 5. The maximum Gasteiger partial charge on any atom is 0.222 e. The number of halogens is 1. The van der Waals surface area contributed by atoms with Crippen LogP contribution >= 0.6 is 0 Å². The van der Waals surface area contributed by atoms with Crippen LogP contribution in [0.3, 0.4) is 0 Å². The van der Waals surface area contributed by atoms with Crippen molar-refractivity contribution < 1.29 is 29.3 Å². The third-order valence-electron chi connectivity index (χ3n) is 18.4. The maximum absolute atomic E-state index is 13.2. The van der Waals surface area contributed by atoms with E-state index in [2.05, 4.69) is 150 Å². The van der Waals surface area contributed by atoms with E-state index in [9.17, 15) is 29.3 Å². The zero-order chi connectivity index (χ0) is 79.2. The van der Waals surface area contributed by atoms with Gasteiger partial charge in [0, 0.05) is 54.8 Å². The molecule has 108 heavy (non-hydrogen) atoms. The van der Waals surface area contributed by atoms with Crippen LogP contribution in [0, 0.1) is 12.7 Å². The van der Waals surface area contributed by atoms with Crippen LogP contribution in [0.1, 0.15) is 211 Å². The molecule has 18 N–H and O–H groups in total. The summed E-state index contributed by atoms with van der Waals surface area (Å²) in [5.41, 5.74) is 34.3. The van der Waals surface area contributed by atoms with Crippen molar-refractivity contribution >= 4 is 126 Å². The largest absolute Gasteiger partial charge is 0.394 e. The summed E-state index contributed by atoms with van der Waals surface area (Å²) in [5, 5.41) is 45.7. The Morgan fingerprint density at radius 1 is 0.380 bits per heavy atom. The number of hydrogen-bond acceptors (Lipinski definition) is 30. The Bertz CT molecular complexity index is 4440. The lowest BCUT2D eigenvalue weighted by Crippen LogP contribution is -2.39. The minimum atomic E-state index is -0.542. The van der Waals surface area contributed by atoms with Crippen LogP contribution in [0.2, 0.25) is 0 Å². The molecule has 0 bridgehead atoms. The van der Waals surface area contributed by atoms with Crippen molar-refractivity contribution in [3.05, 3.63) is 90.9 Å². The molecule has 0 aromatic carbocycles. The Kier molecular flexibility index (Phi) is 32.9. The van der Waals surface area contributed by atoms with Crippen LogP contribution in [0.5, 0.6) is 0 Å². The third kappa shape index (κ3) is 26.2. The second kappa shape index (κ2) is 41.1. The van der Waals surface area contributed by atoms with Gasteiger partial charge in [-0.25, -0.2) is 34.3 Å². The number of fused-ring (bicyclic) bond motifs is 5. The van der Waals surface area contributed by atoms with E-state index in [1.807, 2.05) is 58.0 Å². The fraction of sp³-hybridized carbons (Fsp3) is 0.519. The molecule has 0 spiro atoms.